The van der Waals surface area contributed by atoms with Crippen molar-refractivity contribution in [2.24, 2.45) is 0 Å². The third-order valence-corrected chi connectivity index (χ3v) is 5.33. The lowest BCUT2D eigenvalue weighted by molar-refractivity contribution is -0.122. The van der Waals surface area contributed by atoms with Crippen molar-refractivity contribution in [3.05, 3.63) is 53.6 Å². The second-order valence-corrected chi connectivity index (χ2v) is 8.40. The van der Waals surface area contributed by atoms with E-state index >= 15 is 0 Å². The van der Waals surface area contributed by atoms with Gasteiger partial charge in [-0.15, -0.1) is 0 Å². The number of rotatable bonds is 5. The molecule has 0 saturated carbocycles. The molecule has 27 heavy (non-hydrogen) atoms. The quantitative estimate of drug-likeness (QED) is 0.847. The van der Waals surface area contributed by atoms with E-state index in [1.807, 2.05) is 25.1 Å². The highest BCUT2D eigenvalue weighted by Crippen LogP contribution is 2.35. The number of nitrogens with zero attached hydrogens (tertiary/aromatic N) is 1. The maximum absolute atomic E-state index is 12.7. The molecule has 1 N–H and O–H groups in total. The Kier molecular flexibility index (Phi) is 5.38. The zero-order valence-electron chi connectivity index (χ0n) is 15.4. The Morgan fingerprint density at radius 1 is 1.30 bits per heavy atom. The molecule has 0 radical (unpaired) electrons. The van der Waals surface area contributed by atoms with Crippen molar-refractivity contribution < 1.29 is 22.7 Å². The fourth-order valence-corrected chi connectivity index (χ4v) is 3.85. The van der Waals surface area contributed by atoms with Gasteiger partial charge in [-0.2, -0.15) is 0 Å². The first-order chi connectivity index (χ1) is 12.8. The van der Waals surface area contributed by atoms with E-state index in [1.54, 1.807) is 31.4 Å². The highest BCUT2D eigenvalue weighted by Gasteiger charge is 2.35. The van der Waals surface area contributed by atoms with Crippen LogP contribution in [0, 0.1) is 6.92 Å². The smallest absolute Gasteiger partial charge is 0.267 e. The lowest BCUT2D eigenvalue weighted by atomic mass is 10.1. The van der Waals surface area contributed by atoms with Crippen LogP contribution in [0.25, 0.3) is 0 Å². The standard InChI is InChI=1S/C19H22N2O5S/c1-13-7-8-16-17(9-13)26-18(11-21(16)27(3,23)24)19(22)20-15-6-4-5-14(10-15)12-25-2/h4-10,18H,11-12H2,1-3H3,(H,20,22)/t18-/m0/s1. The van der Waals surface area contributed by atoms with E-state index in [4.69, 9.17) is 9.47 Å². The van der Waals surface area contributed by atoms with Gasteiger partial charge in [0.15, 0.2) is 6.10 Å². The second-order valence-electron chi connectivity index (χ2n) is 6.49. The first kappa shape index (κ1) is 19.2. The summed E-state index contributed by atoms with van der Waals surface area (Å²) in [4.78, 5) is 12.7. The van der Waals surface area contributed by atoms with Crippen molar-refractivity contribution in [1.82, 2.24) is 0 Å². The number of aryl methyl sites for hydroxylation is 1. The number of hydrogen-bond donors (Lipinski definition) is 1. The molecule has 0 aromatic heterocycles. The largest absolute Gasteiger partial charge is 0.476 e. The summed E-state index contributed by atoms with van der Waals surface area (Å²) in [6.07, 6.45) is 0.158. The molecule has 0 fully saturated rings. The van der Waals surface area contributed by atoms with Crippen LogP contribution in [-0.2, 0) is 26.2 Å². The van der Waals surface area contributed by atoms with Gasteiger partial charge in [0.25, 0.3) is 5.91 Å². The number of carbonyl (C=O) groups excluding carboxylic acids is 1. The van der Waals surface area contributed by atoms with Gasteiger partial charge in [-0.05, 0) is 42.3 Å². The number of carbonyl (C=O) groups is 1. The Balaban J connectivity index is 1.84. The molecule has 0 spiro atoms. The molecule has 0 aliphatic carbocycles. The fraction of sp³-hybridized carbons (Fsp3) is 0.316. The minimum Gasteiger partial charge on any atom is -0.476 e. The van der Waals surface area contributed by atoms with Crippen LogP contribution in [0.1, 0.15) is 11.1 Å². The van der Waals surface area contributed by atoms with Crippen molar-refractivity contribution >= 4 is 27.3 Å². The SMILES string of the molecule is COCc1cccc(NC(=O)[C@@H]2CN(S(C)(=O)=O)c3ccc(C)cc3O2)c1. The highest BCUT2D eigenvalue weighted by atomic mass is 32.2. The molecule has 2 aromatic carbocycles. The minimum atomic E-state index is -3.55. The van der Waals surface area contributed by atoms with Gasteiger partial charge in [0.1, 0.15) is 5.75 Å². The van der Waals surface area contributed by atoms with Gasteiger partial charge in [-0.25, -0.2) is 8.42 Å². The number of hydrogen-bond acceptors (Lipinski definition) is 5. The van der Waals surface area contributed by atoms with Gasteiger partial charge in [-0.1, -0.05) is 18.2 Å². The highest BCUT2D eigenvalue weighted by molar-refractivity contribution is 7.92. The molecule has 3 rings (SSSR count). The number of ether oxygens (including phenoxy) is 2. The zero-order chi connectivity index (χ0) is 19.6. The monoisotopic (exact) mass is 390 g/mol. The molecular formula is C19H22N2O5S. The lowest BCUT2D eigenvalue weighted by Gasteiger charge is -2.34. The van der Waals surface area contributed by atoms with Gasteiger partial charge in [0.2, 0.25) is 10.0 Å². The first-order valence-corrected chi connectivity index (χ1v) is 10.3. The molecule has 1 amide bonds. The average Bonchev–Trinajstić information content (AvgIpc) is 2.60. The van der Waals surface area contributed by atoms with E-state index in [1.165, 1.54) is 4.31 Å². The summed E-state index contributed by atoms with van der Waals surface area (Å²) >= 11 is 0. The topological polar surface area (TPSA) is 84.9 Å². The summed E-state index contributed by atoms with van der Waals surface area (Å²) in [6.45, 7) is 2.22. The van der Waals surface area contributed by atoms with Crippen LogP contribution < -0.4 is 14.4 Å². The number of benzene rings is 2. The van der Waals surface area contributed by atoms with Crippen molar-refractivity contribution in [2.45, 2.75) is 19.6 Å². The van der Waals surface area contributed by atoms with Crippen LogP contribution in [0.3, 0.4) is 0 Å². The number of nitrogens with one attached hydrogen (secondary N) is 1. The van der Waals surface area contributed by atoms with Crippen LogP contribution in [0.5, 0.6) is 5.75 Å². The summed E-state index contributed by atoms with van der Waals surface area (Å²) in [5, 5.41) is 2.79. The van der Waals surface area contributed by atoms with Crippen molar-refractivity contribution in [2.75, 3.05) is 29.5 Å². The van der Waals surface area contributed by atoms with E-state index in [-0.39, 0.29) is 6.54 Å². The molecule has 0 saturated heterocycles. The number of amides is 1. The van der Waals surface area contributed by atoms with E-state index < -0.39 is 22.0 Å². The van der Waals surface area contributed by atoms with Crippen LogP contribution in [0.2, 0.25) is 0 Å². The van der Waals surface area contributed by atoms with Crippen LogP contribution in [-0.4, -0.2) is 40.3 Å². The minimum absolute atomic E-state index is 0.0848. The number of anilines is 2. The summed E-state index contributed by atoms with van der Waals surface area (Å²) in [6, 6.07) is 12.5. The maximum Gasteiger partial charge on any atom is 0.267 e. The Bertz CT molecular complexity index is 958. The van der Waals surface area contributed by atoms with E-state index in [0.717, 1.165) is 17.4 Å². The van der Waals surface area contributed by atoms with Crippen LogP contribution >= 0.6 is 0 Å². The van der Waals surface area contributed by atoms with Crippen molar-refractivity contribution in [3.8, 4) is 5.75 Å². The van der Waals surface area contributed by atoms with Crippen molar-refractivity contribution in [1.29, 1.82) is 0 Å². The predicted octanol–water partition coefficient (Wildman–Crippen LogP) is 2.31. The average molecular weight is 390 g/mol. The third-order valence-electron chi connectivity index (χ3n) is 4.18. The first-order valence-electron chi connectivity index (χ1n) is 8.41. The molecular weight excluding hydrogens is 368 g/mol. The number of fused-ring (bicyclic) bond motifs is 1. The second kappa shape index (κ2) is 7.58. The van der Waals surface area contributed by atoms with Gasteiger partial charge in [0.05, 0.1) is 25.1 Å². The zero-order valence-corrected chi connectivity index (χ0v) is 16.2. The summed E-state index contributed by atoms with van der Waals surface area (Å²) in [5.41, 5.74) is 2.86. The van der Waals surface area contributed by atoms with Gasteiger partial charge in [-0.3, -0.25) is 9.10 Å². The molecule has 1 aliphatic rings. The number of sulfonamides is 1. The molecule has 8 heteroatoms. The van der Waals surface area contributed by atoms with Gasteiger partial charge < -0.3 is 14.8 Å². The summed E-state index contributed by atoms with van der Waals surface area (Å²) in [5.74, 6) is -0.0367. The lowest BCUT2D eigenvalue weighted by Crippen LogP contribution is -2.48. The normalized spacial score (nSPS) is 16.4. The molecule has 0 unspecified atom stereocenters. The molecule has 7 nitrogen and oxygen atoms in total. The Morgan fingerprint density at radius 3 is 2.78 bits per heavy atom. The third kappa shape index (κ3) is 4.40. The van der Waals surface area contributed by atoms with E-state index in [2.05, 4.69) is 5.32 Å². The molecule has 1 aliphatic heterocycles. The molecule has 144 valence electrons. The van der Waals surface area contributed by atoms with Gasteiger partial charge >= 0.3 is 0 Å². The number of methoxy groups -OCH3 is 1. The molecule has 0 bridgehead atoms. The van der Waals surface area contributed by atoms with Crippen LogP contribution in [0.15, 0.2) is 42.5 Å². The predicted molar refractivity (Wildman–Crippen MR) is 104 cm³/mol. The molecule has 1 heterocycles. The summed E-state index contributed by atoms with van der Waals surface area (Å²) < 4.78 is 36.5. The van der Waals surface area contributed by atoms with Gasteiger partial charge in [0, 0.05) is 12.8 Å². The van der Waals surface area contributed by atoms with Crippen molar-refractivity contribution in [3.63, 3.8) is 0 Å². The maximum atomic E-state index is 12.7. The Morgan fingerprint density at radius 2 is 2.07 bits per heavy atom. The molecule has 2 aromatic rings. The fourth-order valence-electron chi connectivity index (χ4n) is 2.94. The Labute approximate surface area is 158 Å². The molecule has 1 atom stereocenters. The Hall–Kier alpha value is -2.58. The summed E-state index contributed by atoms with van der Waals surface area (Å²) in [7, 11) is -1.95. The van der Waals surface area contributed by atoms with Crippen LogP contribution in [0.4, 0.5) is 11.4 Å². The van der Waals surface area contributed by atoms with E-state index in [9.17, 15) is 13.2 Å². The van der Waals surface area contributed by atoms with E-state index in [0.29, 0.717) is 23.7 Å².